The number of aromatic nitrogens is 4. The zero-order valence-corrected chi connectivity index (χ0v) is 43.1. The van der Waals surface area contributed by atoms with E-state index in [1.165, 1.54) is 16.2 Å². The fraction of sp³-hybridized carbons (Fsp3) is 0.451. The number of hydrogen-bond donors (Lipinski definition) is 3. The Kier molecular flexibility index (Phi) is 14.5. The maximum atomic E-state index is 15.6. The molecule has 0 spiro atoms. The maximum Gasteiger partial charge on any atom is 0.420 e. The number of ether oxygens (including phenoxy) is 1. The SMILES string of the molecule is CCOc1cc(N2CCC(N3CCN(CCc4cc5oc(=O)n(C6CCC(=O)NC6=O)c5cc4C)CC3)CC2)c(CC)cc1Nc1ncc(Br)c(Nc2cc(F)c3nc(CC)ccc3c2P(C)(C)=O)n1. The molecule has 3 aromatic carbocycles. The average molecular weight is 1040 g/mol. The molecule has 0 radical (unpaired) electrons. The highest BCUT2D eigenvalue weighted by Gasteiger charge is 2.33. The Hall–Kier alpha value is -5.68. The molecule has 1 unspecified atom stereocenters. The summed E-state index contributed by atoms with van der Waals surface area (Å²) in [7, 11) is -2.93. The lowest BCUT2D eigenvalue weighted by Gasteiger charge is -2.43. The third-order valence-corrected chi connectivity index (χ3v) is 16.1. The molecule has 3 aromatic heterocycles. The second-order valence-electron chi connectivity index (χ2n) is 18.9. The lowest BCUT2D eigenvalue weighted by atomic mass is 9.99. The number of piperidine rings is 2. The van der Waals surface area contributed by atoms with Crippen LogP contribution in [-0.2, 0) is 33.4 Å². The van der Waals surface area contributed by atoms with Gasteiger partial charge in [0.1, 0.15) is 30.3 Å². The van der Waals surface area contributed by atoms with Crippen molar-refractivity contribution in [1.29, 1.82) is 0 Å². The van der Waals surface area contributed by atoms with Crippen LogP contribution in [0.5, 0.6) is 5.75 Å². The number of halogens is 2. The van der Waals surface area contributed by atoms with Crippen LogP contribution in [0.15, 0.2) is 62.3 Å². The molecule has 3 aliphatic heterocycles. The zero-order valence-electron chi connectivity index (χ0n) is 40.7. The van der Waals surface area contributed by atoms with Gasteiger partial charge in [-0.1, -0.05) is 19.9 Å². The van der Waals surface area contributed by atoms with Crippen molar-refractivity contribution < 1.29 is 27.7 Å². The number of amides is 2. The number of carbonyl (C=O) groups excluding carboxylic acids is 2. The number of oxazole rings is 1. The molecule has 16 nitrogen and oxygen atoms in total. The van der Waals surface area contributed by atoms with Gasteiger partial charge in [0.15, 0.2) is 11.4 Å². The van der Waals surface area contributed by atoms with Gasteiger partial charge in [-0.05, 0) is 123 Å². The summed E-state index contributed by atoms with van der Waals surface area (Å²) in [6.07, 6.45) is 6.47. The van der Waals surface area contributed by atoms with Crippen LogP contribution in [0.25, 0.3) is 22.0 Å². The van der Waals surface area contributed by atoms with E-state index in [-0.39, 0.29) is 24.3 Å². The molecular formula is C51H61BrFN10O6P. The highest BCUT2D eigenvalue weighted by Crippen LogP contribution is 2.43. The lowest BCUT2D eigenvalue weighted by molar-refractivity contribution is -0.135. The number of imide groups is 1. The molecule has 2 amide bonds. The van der Waals surface area contributed by atoms with Gasteiger partial charge in [-0.2, -0.15) is 4.98 Å². The topological polar surface area (TPSA) is 180 Å². The van der Waals surface area contributed by atoms with Crippen LogP contribution >= 0.6 is 23.1 Å². The van der Waals surface area contributed by atoms with E-state index < -0.39 is 30.7 Å². The first-order valence-electron chi connectivity index (χ1n) is 24.4. The summed E-state index contributed by atoms with van der Waals surface area (Å²) in [4.78, 5) is 58.7. The summed E-state index contributed by atoms with van der Waals surface area (Å²) < 4.78 is 43.2. The van der Waals surface area contributed by atoms with E-state index in [2.05, 4.69) is 75.6 Å². The smallest absolute Gasteiger partial charge is 0.420 e. The number of rotatable bonds is 15. The fourth-order valence-electron chi connectivity index (χ4n) is 10.3. The number of hydrogen-bond acceptors (Lipinski definition) is 14. The quantitative estimate of drug-likeness (QED) is 0.0662. The monoisotopic (exact) mass is 1040 g/mol. The fourth-order valence-corrected chi connectivity index (χ4v) is 12.1. The third-order valence-electron chi connectivity index (χ3n) is 14.0. The number of piperazine rings is 1. The van der Waals surface area contributed by atoms with Crippen molar-refractivity contribution in [3.8, 4) is 5.75 Å². The van der Waals surface area contributed by atoms with E-state index in [9.17, 15) is 18.9 Å². The summed E-state index contributed by atoms with van der Waals surface area (Å²) in [5.74, 6) is -0.522. The lowest BCUT2D eigenvalue weighted by Crippen LogP contribution is -2.53. The average Bonchev–Trinajstić information content (AvgIpc) is 3.65. The number of fused-ring (bicyclic) bond motifs is 2. The van der Waals surface area contributed by atoms with Crippen molar-refractivity contribution >= 4 is 91.0 Å². The second kappa shape index (κ2) is 20.6. The first kappa shape index (κ1) is 49.3. The molecule has 370 valence electrons. The van der Waals surface area contributed by atoms with E-state index in [0.29, 0.717) is 68.5 Å². The van der Waals surface area contributed by atoms with Crippen LogP contribution in [0.2, 0.25) is 0 Å². The summed E-state index contributed by atoms with van der Waals surface area (Å²) >= 11 is 3.57. The van der Waals surface area contributed by atoms with Gasteiger partial charge in [-0.15, -0.1) is 0 Å². The van der Waals surface area contributed by atoms with E-state index >= 15 is 4.39 Å². The van der Waals surface area contributed by atoms with Crippen molar-refractivity contribution in [2.75, 3.05) is 81.3 Å². The van der Waals surface area contributed by atoms with E-state index in [1.807, 2.05) is 39.0 Å². The molecule has 9 rings (SSSR count). The van der Waals surface area contributed by atoms with Gasteiger partial charge in [0.2, 0.25) is 17.8 Å². The molecule has 3 aliphatic rings. The van der Waals surface area contributed by atoms with Crippen molar-refractivity contribution in [1.82, 2.24) is 34.6 Å². The normalized spacial score (nSPS) is 17.7. The number of benzene rings is 3. The summed E-state index contributed by atoms with van der Waals surface area (Å²) in [6, 6.07) is 12.8. The van der Waals surface area contributed by atoms with Crippen molar-refractivity contribution in [2.24, 2.45) is 0 Å². The minimum Gasteiger partial charge on any atom is -0.492 e. The summed E-state index contributed by atoms with van der Waals surface area (Å²) in [5, 5.41) is 10.0. The molecule has 3 saturated heterocycles. The molecule has 19 heteroatoms. The molecule has 0 bridgehead atoms. The van der Waals surface area contributed by atoms with Gasteiger partial charge in [0.05, 0.1) is 28.0 Å². The van der Waals surface area contributed by atoms with Gasteiger partial charge in [-0.25, -0.2) is 19.2 Å². The largest absolute Gasteiger partial charge is 0.492 e. The van der Waals surface area contributed by atoms with Crippen LogP contribution in [0.1, 0.15) is 74.9 Å². The summed E-state index contributed by atoms with van der Waals surface area (Å²) in [6.45, 7) is 18.6. The molecule has 0 saturated carbocycles. The minimum atomic E-state index is -2.93. The van der Waals surface area contributed by atoms with E-state index in [0.717, 1.165) is 99.7 Å². The predicted octanol–water partition coefficient (Wildman–Crippen LogP) is 8.21. The van der Waals surface area contributed by atoms with Gasteiger partial charge >= 0.3 is 5.76 Å². The van der Waals surface area contributed by atoms with Crippen LogP contribution in [-0.4, -0.2) is 113 Å². The number of pyridine rings is 1. The second-order valence-corrected chi connectivity index (χ2v) is 22.9. The molecule has 70 heavy (non-hydrogen) atoms. The molecule has 0 aliphatic carbocycles. The number of anilines is 5. The Labute approximate surface area is 415 Å². The molecule has 6 aromatic rings. The molecule has 6 heterocycles. The number of nitrogens with one attached hydrogen (secondary N) is 3. The third kappa shape index (κ3) is 10.2. The Morgan fingerprint density at radius 3 is 2.39 bits per heavy atom. The van der Waals surface area contributed by atoms with Crippen molar-refractivity contribution in [3.05, 3.63) is 91.9 Å². The van der Waals surface area contributed by atoms with Gasteiger partial charge in [0.25, 0.3) is 0 Å². The van der Waals surface area contributed by atoms with Crippen LogP contribution < -0.4 is 36.6 Å². The standard InChI is InChI=1S/C51H61BrFN10O6P/c1-7-31-25-38(57-50-54-29-36(52)48(59-50)56-39-27-37(53)46-35(47(39)70(5,6)67)11-10-33(8-2)55-46)43(68-9-3)28-41(31)62-18-15-34(16-19-62)61-22-20-60(21-23-61)17-14-32-26-44-42(24-30(32)4)63(51(66)69-44)40-12-13-45(64)58-49(40)65/h10-11,24-29,34,40H,7-9,12-23H2,1-6H3,(H,58,64,65)(H2,54,56,57,59). The Balaban J connectivity index is 0.826. The van der Waals surface area contributed by atoms with Gasteiger partial charge in [-0.3, -0.25) is 24.4 Å². The van der Waals surface area contributed by atoms with Crippen LogP contribution in [0.4, 0.5) is 33.2 Å². The summed E-state index contributed by atoms with van der Waals surface area (Å²) in [5.41, 5.74) is 7.56. The highest BCUT2D eigenvalue weighted by atomic mass is 79.9. The Morgan fingerprint density at radius 2 is 1.69 bits per heavy atom. The number of carbonyl (C=O) groups is 2. The van der Waals surface area contributed by atoms with Gasteiger partial charge < -0.3 is 34.2 Å². The van der Waals surface area contributed by atoms with Gasteiger partial charge in [0, 0.05) is 98.7 Å². The van der Waals surface area contributed by atoms with E-state index in [4.69, 9.17) is 14.1 Å². The number of nitrogens with zero attached hydrogens (tertiary/aromatic N) is 7. The van der Waals surface area contributed by atoms with Crippen LogP contribution in [0.3, 0.4) is 0 Å². The predicted molar refractivity (Wildman–Crippen MR) is 277 cm³/mol. The maximum absolute atomic E-state index is 15.6. The molecule has 3 N–H and O–H groups in total. The minimum absolute atomic E-state index is 0.183. The zero-order chi connectivity index (χ0) is 49.4. The molecule has 3 fully saturated rings. The Bertz CT molecular complexity index is 3090. The van der Waals surface area contributed by atoms with E-state index in [1.54, 1.807) is 25.6 Å². The molecule has 1 atom stereocenters. The van der Waals surface area contributed by atoms with Crippen molar-refractivity contribution in [3.63, 3.8) is 0 Å². The highest BCUT2D eigenvalue weighted by molar-refractivity contribution is 9.10. The molecular weight excluding hydrogens is 979 g/mol. The number of aryl methyl sites for hydroxylation is 3. The first-order chi connectivity index (χ1) is 33.6. The first-order valence-corrected chi connectivity index (χ1v) is 27.7. The Morgan fingerprint density at radius 1 is 0.914 bits per heavy atom. The van der Waals surface area contributed by atoms with Crippen LogP contribution in [0, 0.1) is 12.7 Å². The van der Waals surface area contributed by atoms with Crippen molar-refractivity contribution in [2.45, 2.75) is 84.7 Å².